The molecule has 1 heterocycles. The van der Waals surface area contributed by atoms with Gasteiger partial charge in [0, 0.05) is 26.9 Å². The lowest BCUT2D eigenvalue weighted by atomic mass is 10.4. The van der Waals surface area contributed by atoms with Gasteiger partial charge in [-0.3, -0.25) is 9.59 Å². The van der Waals surface area contributed by atoms with E-state index < -0.39 is 0 Å². The van der Waals surface area contributed by atoms with E-state index in [0.717, 1.165) is 5.06 Å². The van der Waals surface area contributed by atoms with Crippen LogP contribution in [0.15, 0.2) is 0 Å². The highest BCUT2D eigenvalue weighted by Crippen LogP contribution is 2.12. The molecule has 0 aliphatic carbocycles. The first-order chi connectivity index (χ1) is 6.02. The molecule has 6 heteroatoms. The smallest absolute Gasteiger partial charge is 0.289 e. The minimum atomic E-state index is -0.339. The quantitative estimate of drug-likeness (QED) is 0.439. The Balaban J connectivity index is 2.58. The molecule has 5 nitrogen and oxygen atoms in total. The molecule has 0 spiro atoms. The third-order valence-electron chi connectivity index (χ3n) is 1.54. The molecule has 72 valence electrons. The van der Waals surface area contributed by atoms with Gasteiger partial charge in [-0.2, -0.15) is 0 Å². The van der Waals surface area contributed by atoms with Gasteiger partial charge in [0.2, 0.25) is 0 Å². The van der Waals surface area contributed by atoms with Gasteiger partial charge in [0.1, 0.15) is 0 Å². The van der Waals surface area contributed by atoms with E-state index in [2.05, 4.69) is 0 Å². The standard InChI is InChI=1S/C7H10N2O3S/c1-8(2)7(13)12-9-5(10)3-4-6(9)11/h3-4H2,1-2H3. The third kappa shape index (κ3) is 2.15. The fourth-order valence-corrected chi connectivity index (χ4v) is 0.892. The lowest BCUT2D eigenvalue weighted by Crippen LogP contribution is -2.36. The van der Waals surface area contributed by atoms with E-state index in [4.69, 9.17) is 17.1 Å². The molecule has 0 radical (unpaired) electrons. The Bertz CT molecular complexity index is 248. The fourth-order valence-electron chi connectivity index (χ4n) is 0.818. The summed E-state index contributed by atoms with van der Waals surface area (Å²) in [6, 6.07) is 0. The van der Waals surface area contributed by atoms with Gasteiger partial charge >= 0.3 is 0 Å². The van der Waals surface area contributed by atoms with E-state index in [0.29, 0.717) is 0 Å². The van der Waals surface area contributed by atoms with Gasteiger partial charge in [-0.25, -0.2) is 0 Å². The van der Waals surface area contributed by atoms with Crippen LogP contribution in [-0.4, -0.2) is 41.0 Å². The largest absolute Gasteiger partial charge is 0.338 e. The summed E-state index contributed by atoms with van der Waals surface area (Å²) in [6.07, 6.45) is 0.406. The van der Waals surface area contributed by atoms with Crippen molar-refractivity contribution in [3.63, 3.8) is 0 Å². The molecule has 13 heavy (non-hydrogen) atoms. The average Bonchev–Trinajstić information content (AvgIpc) is 2.35. The van der Waals surface area contributed by atoms with Crippen LogP contribution >= 0.6 is 12.2 Å². The topological polar surface area (TPSA) is 49.9 Å². The van der Waals surface area contributed by atoms with Gasteiger partial charge in [0.15, 0.2) is 0 Å². The Hall–Kier alpha value is -1.17. The Morgan fingerprint density at radius 2 is 1.85 bits per heavy atom. The van der Waals surface area contributed by atoms with Crippen LogP contribution in [0.5, 0.6) is 0 Å². The number of nitrogens with zero attached hydrogens (tertiary/aromatic N) is 2. The molecule has 0 aromatic carbocycles. The number of hydrogen-bond acceptors (Lipinski definition) is 4. The second kappa shape index (κ2) is 3.69. The highest BCUT2D eigenvalue weighted by Gasteiger charge is 2.32. The van der Waals surface area contributed by atoms with Gasteiger partial charge in [-0.15, -0.1) is 5.06 Å². The lowest BCUT2D eigenvalue weighted by Gasteiger charge is -2.18. The van der Waals surface area contributed by atoms with Crippen LogP contribution in [0.2, 0.25) is 0 Å². The van der Waals surface area contributed by atoms with E-state index in [1.54, 1.807) is 14.1 Å². The zero-order chi connectivity index (χ0) is 10.0. The molecule has 0 atom stereocenters. The van der Waals surface area contributed by atoms with E-state index in [-0.39, 0.29) is 29.8 Å². The number of carbonyl (C=O) groups excluding carboxylic acids is 2. The molecule has 2 amide bonds. The number of hydrogen-bond donors (Lipinski definition) is 0. The lowest BCUT2D eigenvalue weighted by molar-refractivity contribution is -0.168. The van der Waals surface area contributed by atoms with Crippen LogP contribution in [0.1, 0.15) is 12.8 Å². The predicted octanol–water partition coefficient (Wildman–Crippen LogP) is -0.0865. The molecular formula is C7H10N2O3S. The normalized spacial score (nSPS) is 16.3. The summed E-state index contributed by atoms with van der Waals surface area (Å²) in [5.41, 5.74) is 0. The SMILES string of the molecule is CN(C)C(=S)ON1C(=O)CCC1=O. The molecule has 1 fully saturated rings. The second-order valence-electron chi connectivity index (χ2n) is 2.83. The Morgan fingerprint density at radius 3 is 2.23 bits per heavy atom. The summed E-state index contributed by atoms with van der Waals surface area (Å²) < 4.78 is 0. The molecule has 1 rings (SSSR count). The zero-order valence-electron chi connectivity index (χ0n) is 7.44. The first-order valence-electron chi connectivity index (χ1n) is 3.77. The summed E-state index contributed by atoms with van der Waals surface area (Å²) in [5, 5.41) is 0.825. The molecule has 0 aromatic rings. The van der Waals surface area contributed by atoms with E-state index in [1.165, 1.54) is 4.90 Å². The van der Waals surface area contributed by atoms with Crippen LogP contribution < -0.4 is 0 Å². The van der Waals surface area contributed by atoms with Gasteiger partial charge in [-0.1, -0.05) is 0 Å². The zero-order valence-corrected chi connectivity index (χ0v) is 8.26. The summed E-state index contributed by atoms with van der Waals surface area (Å²) in [5.74, 6) is -0.677. The number of thiocarbonyl (C=S) groups is 1. The van der Waals surface area contributed by atoms with Gasteiger partial charge in [0.25, 0.3) is 17.0 Å². The predicted molar refractivity (Wildman–Crippen MR) is 48.5 cm³/mol. The van der Waals surface area contributed by atoms with Crippen LogP contribution in [-0.2, 0) is 14.4 Å². The number of hydroxylamine groups is 2. The van der Waals surface area contributed by atoms with Crippen LogP contribution in [0.25, 0.3) is 0 Å². The molecule has 0 saturated carbocycles. The maximum absolute atomic E-state index is 11.0. The highest BCUT2D eigenvalue weighted by molar-refractivity contribution is 7.80. The fraction of sp³-hybridized carbons (Fsp3) is 0.571. The van der Waals surface area contributed by atoms with Crippen LogP contribution in [0.3, 0.4) is 0 Å². The number of imide groups is 1. The molecule has 1 aliphatic heterocycles. The molecule has 0 N–H and O–H groups in total. The number of carbonyl (C=O) groups is 2. The Kier molecular flexibility index (Phi) is 2.82. The third-order valence-corrected chi connectivity index (χ3v) is 1.98. The van der Waals surface area contributed by atoms with Crippen molar-refractivity contribution in [2.75, 3.05) is 14.1 Å². The Labute approximate surface area is 81.2 Å². The van der Waals surface area contributed by atoms with Crippen LogP contribution in [0, 0.1) is 0 Å². The van der Waals surface area contributed by atoms with Crippen molar-refractivity contribution in [1.82, 2.24) is 9.96 Å². The Morgan fingerprint density at radius 1 is 1.38 bits per heavy atom. The second-order valence-corrected chi connectivity index (χ2v) is 3.18. The average molecular weight is 202 g/mol. The van der Waals surface area contributed by atoms with E-state index in [1.807, 2.05) is 0 Å². The van der Waals surface area contributed by atoms with Crippen LogP contribution in [0.4, 0.5) is 0 Å². The van der Waals surface area contributed by atoms with Crippen molar-refractivity contribution in [3.8, 4) is 0 Å². The summed E-state index contributed by atoms with van der Waals surface area (Å²) in [6.45, 7) is 0. The van der Waals surface area contributed by atoms with E-state index >= 15 is 0 Å². The van der Waals surface area contributed by atoms with Crippen molar-refractivity contribution in [2.45, 2.75) is 12.8 Å². The molecule has 1 aliphatic rings. The van der Waals surface area contributed by atoms with Crippen molar-refractivity contribution in [2.24, 2.45) is 0 Å². The summed E-state index contributed by atoms with van der Waals surface area (Å²) in [4.78, 5) is 28.5. The highest BCUT2D eigenvalue weighted by atomic mass is 32.1. The molecule has 0 bridgehead atoms. The molecular weight excluding hydrogens is 192 g/mol. The minimum Gasteiger partial charge on any atom is -0.338 e. The van der Waals surface area contributed by atoms with Gasteiger partial charge in [0.05, 0.1) is 0 Å². The first kappa shape index (κ1) is 9.91. The molecule has 1 saturated heterocycles. The monoisotopic (exact) mass is 202 g/mol. The van der Waals surface area contributed by atoms with Crippen molar-refractivity contribution < 1.29 is 14.4 Å². The summed E-state index contributed by atoms with van der Waals surface area (Å²) in [7, 11) is 3.35. The molecule has 0 unspecified atom stereocenters. The van der Waals surface area contributed by atoms with Crippen molar-refractivity contribution in [1.29, 1.82) is 0 Å². The minimum absolute atomic E-state index is 0.101. The van der Waals surface area contributed by atoms with Gasteiger partial charge < -0.3 is 9.74 Å². The maximum Gasteiger partial charge on any atom is 0.289 e. The van der Waals surface area contributed by atoms with Crippen molar-refractivity contribution in [3.05, 3.63) is 0 Å². The van der Waals surface area contributed by atoms with Crippen molar-refractivity contribution >= 4 is 29.2 Å². The number of amides is 2. The van der Waals surface area contributed by atoms with E-state index in [9.17, 15) is 9.59 Å². The first-order valence-corrected chi connectivity index (χ1v) is 4.18. The maximum atomic E-state index is 11.0. The van der Waals surface area contributed by atoms with Gasteiger partial charge in [-0.05, 0) is 12.2 Å². The molecule has 0 aromatic heterocycles. The number of rotatable bonds is 1. The summed E-state index contributed by atoms with van der Waals surface area (Å²) >= 11 is 4.78.